The fourth-order valence-electron chi connectivity index (χ4n) is 2.59. The van der Waals surface area contributed by atoms with Gasteiger partial charge in [0.2, 0.25) is 0 Å². The molecule has 1 aromatic rings. The van der Waals surface area contributed by atoms with Crippen molar-refractivity contribution in [2.75, 3.05) is 6.61 Å². The Morgan fingerprint density at radius 2 is 1.95 bits per heavy atom. The highest BCUT2D eigenvalue weighted by Gasteiger charge is 2.32. The predicted molar refractivity (Wildman–Crippen MR) is 78.8 cm³/mol. The highest BCUT2D eigenvalue weighted by Crippen LogP contribution is 2.33. The molecule has 0 aliphatic carbocycles. The van der Waals surface area contributed by atoms with Gasteiger partial charge < -0.3 is 9.47 Å². The molecule has 2 nitrogen and oxygen atoms in total. The molecule has 1 unspecified atom stereocenters. The van der Waals surface area contributed by atoms with Crippen molar-refractivity contribution < 1.29 is 9.47 Å². The number of rotatable bonds is 3. The van der Waals surface area contributed by atoms with Crippen LogP contribution in [-0.4, -0.2) is 18.3 Å². The molecule has 1 atom stereocenters. The van der Waals surface area contributed by atoms with Crippen LogP contribution >= 0.6 is 0 Å². The van der Waals surface area contributed by atoms with Crippen LogP contribution in [0.3, 0.4) is 0 Å². The maximum absolute atomic E-state index is 6.02. The van der Waals surface area contributed by atoms with Gasteiger partial charge in [-0.05, 0) is 43.7 Å². The van der Waals surface area contributed by atoms with E-state index in [2.05, 4.69) is 52.8 Å². The third-order valence-electron chi connectivity index (χ3n) is 3.67. The molecule has 1 saturated heterocycles. The summed E-state index contributed by atoms with van der Waals surface area (Å²) < 4.78 is 12.0. The third-order valence-corrected chi connectivity index (χ3v) is 3.67. The van der Waals surface area contributed by atoms with Gasteiger partial charge in [0, 0.05) is 0 Å². The summed E-state index contributed by atoms with van der Waals surface area (Å²) in [6.45, 7) is 11.6. The van der Waals surface area contributed by atoms with Crippen molar-refractivity contribution in [1.82, 2.24) is 0 Å². The number of hydrogen-bond acceptors (Lipinski definition) is 2. The first kappa shape index (κ1) is 14.4. The van der Waals surface area contributed by atoms with Gasteiger partial charge in [0.15, 0.2) is 0 Å². The van der Waals surface area contributed by atoms with Crippen molar-refractivity contribution in [3.8, 4) is 5.75 Å². The number of hydrogen-bond donors (Lipinski definition) is 0. The van der Waals surface area contributed by atoms with E-state index in [9.17, 15) is 0 Å². The Hall–Kier alpha value is -1.02. The first-order valence-electron chi connectivity index (χ1n) is 7.18. The van der Waals surface area contributed by atoms with Crippen molar-refractivity contribution >= 4 is 0 Å². The Labute approximate surface area is 117 Å². The standard InChI is InChI=1S/C17H26O2/c1-16(2,3)14-8-6-7-9-15(14)18-12-13-10-11-17(4,5)19-13/h6-9,13H,10-12H2,1-5H3. The Bertz CT molecular complexity index is 429. The summed E-state index contributed by atoms with van der Waals surface area (Å²) in [7, 11) is 0. The summed E-state index contributed by atoms with van der Waals surface area (Å²) in [4.78, 5) is 0. The van der Waals surface area contributed by atoms with E-state index in [-0.39, 0.29) is 17.1 Å². The van der Waals surface area contributed by atoms with Gasteiger partial charge in [0.25, 0.3) is 0 Å². The summed E-state index contributed by atoms with van der Waals surface area (Å²) >= 11 is 0. The van der Waals surface area contributed by atoms with Crippen LogP contribution in [-0.2, 0) is 10.2 Å². The molecule has 0 saturated carbocycles. The second-order valence-corrected chi connectivity index (χ2v) is 7.10. The van der Waals surface area contributed by atoms with Crippen LogP contribution in [0, 0.1) is 0 Å². The molecule has 0 radical (unpaired) electrons. The largest absolute Gasteiger partial charge is 0.491 e. The average molecular weight is 262 g/mol. The van der Waals surface area contributed by atoms with Gasteiger partial charge in [-0.1, -0.05) is 39.0 Å². The van der Waals surface area contributed by atoms with Crippen LogP contribution in [0.4, 0.5) is 0 Å². The predicted octanol–water partition coefficient (Wildman–Crippen LogP) is 4.32. The monoisotopic (exact) mass is 262 g/mol. The van der Waals surface area contributed by atoms with E-state index >= 15 is 0 Å². The second kappa shape index (κ2) is 5.16. The van der Waals surface area contributed by atoms with Crippen LogP contribution in [0.1, 0.15) is 53.0 Å². The molecule has 106 valence electrons. The van der Waals surface area contributed by atoms with Crippen LogP contribution in [0.5, 0.6) is 5.75 Å². The van der Waals surface area contributed by atoms with Crippen molar-refractivity contribution in [2.45, 2.75) is 64.6 Å². The molecule has 1 fully saturated rings. The zero-order valence-electron chi connectivity index (χ0n) is 12.8. The van der Waals surface area contributed by atoms with Gasteiger partial charge in [-0.3, -0.25) is 0 Å². The zero-order chi connectivity index (χ0) is 14.1. The summed E-state index contributed by atoms with van der Waals surface area (Å²) in [5.74, 6) is 0.989. The first-order chi connectivity index (χ1) is 8.78. The minimum absolute atomic E-state index is 0.0115. The van der Waals surface area contributed by atoms with Crippen LogP contribution < -0.4 is 4.74 Å². The van der Waals surface area contributed by atoms with E-state index < -0.39 is 0 Å². The van der Waals surface area contributed by atoms with Gasteiger partial charge in [0.1, 0.15) is 12.4 Å². The Kier molecular flexibility index (Phi) is 3.91. The molecule has 0 N–H and O–H groups in total. The van der Waals surface area contributed by atoms with Crippen molar-refractivity contribution in [2.24, 2.45) is 0 Å². The lowest BCUT2D eigenvalue weighted by Crippen LogP contribution is -2.24. The molecule has 0 bridgehead atoms. The molecule has 19 heavy (non-hydrogen) atoms. The average Bonchev–Trinajstić information content (AvgIpc) is 2.66. The molecular formula is C17H26O2. The van der Waals surface area contributed by atoms with Gasteiger partial charge in [-0.15, -0.1) is 0 Å². The Morgan fingerprint density at radius 3 is 2.53 bits per heavy atom. The molecule has 0 amide bonds. The van der Waals surface area contributed by atoms with E-state index in [4.69, 9.17) is 9.47 Å². The molecule has 0 aromatic heterocycles. The van der Waals surface area contributed by atoms with Crippen LogP contribution in [0.25, 0.3) is 0 Å². The van der Waals surface area contributed by atoms with E-state index in [1.165, 1.54) is 5.56 Å². The normalized spacial score (nSPS) is 22.5. The van der Waals surface area contributed by atoms with Crippen molar-refractivity contribution in [1.29, 1.82) is 0 Å². The van der Waals surface area contributed by atoms with Crippen LogP contribution in [0.15, 0.2) is 24.3 Å². The summed E-state index contributed by atoms with van der Waals surface area (Å²) in [5.41, 5.74) is 1.37. The first-order valence-corrected chi connectivity index (χ1v) is 7.18. The van der Waals surface area contributed by atoms with Gasteiger partial charge in [-0.2, -0.15) is 0 Å². The Balaban J connectivity index is 2.01. The molecular weight excluding hydrogens is 236 g/mol. The lowest BCUT2D eigenvalue weighted by molar-refractivity contribution is -0.0328. The quantitative estimate of drug-likeness (QED) is 0.807. The summed E-state index contributed by atoms with van der Waals surface area (Å²) in [6, 6.07) is 8.31. The lowest BCUT2D eigenvalue weighted by atomic mass is 9.86. The molecule has 1 aliphatic heterocycles. The maximum atomic E-state index is 6.02. The van der Waals surface area contributed by atoms with E-state index in [1.807, 2.05) is 6.07 Å². The number of ether oxygens (including phenoxy) is 2. The SMILES string of the molecule is CC1(C)CCC(COc2ccccc2C(C)(C)C)O1. The minimum Gasteiger partial charge on any atom is -0.491 e. The van der Waals surface area contributed by atoms with Crippen molar-refractivity contribution in [3.05, 3.63) is 29.8 Å². The topological polar surface area (TPSA) is 18.5 Å². The summed E-state index contributed by atoms with van der Waals surface area (Å²) in [5, 5.41) is 0. The third kappa shape index (κ3) is 3.73. The van der Waals surface area contributed by atoms with Gasteiger partial charge in [-0.25, -0.2) is 0 Å². The van der Waals surface area contributed by atoms with Gasteiger partial charge in [0.05, 0.1) is 11.7 Å². The molecule has 1 aromatic carbocycles. The van der Waals surface area contributed by atoms with E-state index in [1.54, 1.807) is 0 Å². The lowest BCUT2D eigenvalue weighted by Gasteiger charge is -2.24. The number of benzene rings is 1. The smallest absolute Gasteiger partial charge is 0.123 e. The summed E-state index contributed by atoms with van der Waals surface area (Å²) in [6.07, 6.45) is 2.43. The maximum Gasteiger partial charge on any atom is 0.123 e. The highest BCUT2D eigenvalue weighted by atomic mass is 16.6. The fraction of sp³-hybridized carbons (Fsp3) is 0.647. The minimum atomic E-state index is 0.0115. The van der Waals surface area contributed by atoms with E-state index in [0.29, 0.717) is 6.61 Å². The number of para-hydroxylation sites is 1. The molecule has 0 spiro atoms. The molecule has 1 aliphatic rings. The highest BCUT2D eigenvalue weighted by molar-refractivity contribution is 5.38. The van der Waals surface area contributed by atoms with Gasteiger partial charge >= 0.3 is 0 Å². The fourth-order valence-corrected chi connectivity index (χ4v) is 2.59. The second-order valence-electron chi connectivity index (χ2n) is 7.10. The molecule has 2 rings (SSSR count). The zero-order valence-corrected chi connectivity index (χ0v) is 12.8. The van der Waals surface area contributed by atoms with Crippen molar-refractivity contribution in [3.63, 3.8) is 0 Å². The molecule has 2 heteroatoms. The van der Waals surface area contributed by atoms with E-state index in [0.717, 1.165) is 18.6 Å². The van der Waals surface area contributed by atoms with Crippen LogP contribution in [0.2, 0.25) is 0 Å². The Morgan fingerprint density at radius 1 is 1.26 bits per heavy atom. The molecule has 1 heterocycles.